The standard InChI is InChI=1S/C14H20O/c1-13(2,8-9-14(15)10-11-14)12-6-4-3-5-7-12/h3-7,15H,8-11H2,1-2H3. The lowest BCUT2D eigenvalue weighted by Crippen LogP contribution is -2.20. The summed E-state index contributed by atoms with van der Waals surface area (Å²) in [7, 11) is 0. The van der Waals surface area contributed by atoms with E-state index in [1.54, 1.807) is 0 Å². The number of benzene rings is 1. The van der Waals surface area contributed by atoms with Gasteiger partial charge in [0.25, 0.3) is 0 Å². The van der Waals surface area contributed by atoms with Gasteiger partial charge in [-0.3, -0.25) is 0 Å². The van der Waals surface area contributed by atoms with E-state index >= 15 is 0 Å². The fraction of sp³-hybridized carbons (Fsp3) is 0.571. The molecule has 82 valence electrons. The molecule has 1 saturated carbocycles. The van der Waals surface area contributed by atoms with E-state index in [0.717, 1.165) is 25.7 Å². The van der Waals surface area contributed by atoms with E-state index in [2.05, 4.69) is 38.1 Å². The zero-order valence-electron chi connectivity index (χ0n) is 9.66. The first-order chi connectivity index (χ1) is 7.02. The molecule has 1 heteroatoms. The van der Waals surface area contributed by atoms with Crippen LogP contribution in [0, 0.1) is 0 Å². The van der Waals surface area contributed by atoms with Crippen molar-refractivity contribution in [1.29, 1.82) is 0 Å². The molecule has 1 aliphatic rings. The lowest BCUT2D eigenvalue weighted by atomic mass is 9.79. The summed E-state index contributed by atoms with van der Waals surface area (Å²) in [5.41, 5.74) is 1.24. The molecule has 1 fully saturated rings. The van der Waals surface area contributed by atoms with Crippen molar-refractivity contribution >= 4 is 0 Å². The largest absolute Gasteiger partial charge is 0.390 e. The van der Waals surface area contributed by atoms with Crippen LogP contribution in [-0.4, -0.2) is 10.7 Å². The van der Waals surface area contributed by atoms with Gasteiger partial charge in [0.2, 0.25) is 0 Å². The minimum Gasteiger partial charge on any atom is -0.390 e. The molecule has 15 heavy (non-hydrogen) atoms. The van der Waals surface area contributed by atoms with Gasteiger partial charge in [0, 0.05) is 0 Å². The predicted molar refractivity (Wildman–Crippen MR) is 62.9 cm³/mol. The average Bonchev–Trinajstić information content (AvgIpc) is 2.96. The molecule has 1 aliphatic carbocycles. The maximum atomic E-state index is 9.84. The molecule has 0 heterocycles. The van der Waals surface area contributed by atoms with E-state index in [1.807, 2.05) is 6.07 Å². The van der Waals surface area contributed by atoms with Crippen molar-refractivity contribution < 1.29 is 5.11 Å². The van der Waals surface area contributed by atoms with Crippen molar-refractivity contribution in [1.82, 2.24) is 0 Å². The first kappa shape index (κ1) is 10.7. The van der Waals surface area contributed by atoms with E-state index in [1.165, 1.54) is 5.56 Å². The van der Waals surface area contributed by atoms with Crippen LogP contribution >= 0.6 is 0 Å². The predicted octanol–water partition coefficient (Wildman–Crippen LogP) is 3.27. The monoisotopic (exact) mass is 204 g/mol. The Morgan fingerprint density at radius 2 is 1.80 bits per heavy atom. The maximum Gasteiger partial charge on any atom is 0.0650 e. The van der Waals surface area contributed by atoms with Crippen LogP contribution < -0.4 is 0 Å². The zero-order chi connectivity index (χ0) is 10.9. The van der Waals surface area contributed by atoms with E-state index in [0.29, 0.717) is 0 Å². The molecule has 0 saturated heterocycles. The van der Waals surface area contributed by atoms with Crippen LogP contribution in [0.15, 0.2) is 30.3 Å². The van der Waals surface area contributed by atoms with Crippen LogP contribution in [0.2, 0.25) is 0 Å². The Balaban J connectivity index is 2.00. The zero-order valence-corrected chi connectivity index (χ0v) is 9.66. The molecule has 0 aromatic heterocycles. The Bertz CT molecular complexity index is 322. The maximum absolute atomic E-state index is 9.84. The van der Waals surface area contributed by atoms with Crippen LogP contribution in [0.4, 0.5) is 0 Å². The minimum atomic E-state index is -0.313. The van der Waals surface area contributed by atoms with Gasteiger partial charge >= 0.3 is 0 Å². The molecule has 0 spiro atoms. The summed E-state index contributed by atoms with van der Waals surface area (Å²) in [6, 6.07) is 10.6. The SMILES string of the molecule is CC(C)(CCC1(O)CC1)c1ccccc1. The Kier molecular flexibility index (Phi) is 2.59. The summed E-state index contributed by atoms with van der Waals surface area (Å²) in [4.78, 5) is 0. The van der Waals surface area contributed by atoms with Crippen molar-refractivity contribution in [3.05, 3.63) is 35.9 Å². The first-order valence-corrected chi connectivity index (χ1v) is 5.80. The number of aliphatic hydroxyl groups is 1. The van der Waals surface area contributed by atoms with E-state index < -0.39 is 0 Å². The van der Waals surface area contributed by atoms with Crippen LogP contribution in [0.3, 0.4) is 0 Å². The average molecular weight is 204 g/mol. The molecule has 0 unspecified atom stereocenters. The van der Waals surface area contributed by atoms with Crippen LogP contribution in [0.25, 0.3) is 0 Å². The van der Waals surface area contributed by atoms with Gasteiger partial charge in [0.1, 0.15) is 0 Å². The number of hydrogen-bond acceptors (Lipinski definition) is 1. The summed E-state index contributed by atoms with van der Waals surface area (Å²) < 4.78 is 0. The van der Waals surface area contributed by atoms with Gasteiger partial charge in [-0.1, -0.05) is 44.2 Å². The molecule has 1 aromatic carbocycles. The van der Waals surface area contributed by atoms with Crippen molar-refractivity contribution in [3.8, 4) is 0 Å². The highest BCUT2D eigenvalue weighted by Gasteiger charge is 2.41. The third-order valence-electron chi connectivity index (χ3n) is 3.60. The summed E-state index contributed by atoms with van der Waals surface area (Å²) in [6.07, 6.45) is 4.00. The molecule has 0 bridgehead atoms. The third kappa shape index (κ3) is 2.60. The lowest BCUT2D eigenvalue weighted by Gasteiger charge is -2.26. The van der Waals surface area contributed by atoms with Crippen molar-refractivity contribution in [2.45, 2.75) is 50.5 Å². The quantitative estimate of drug-likeness (QED) is 0.798. The highest BCUT2D eigenvalue weighted by Crippen LogP contribution is 2.42. The minimum absolute atomic E-state index is 0.180. The summed E-state index contributed by atoms with van der Waals surface area (Å²) in [5, 5.41) is 9.84. The molecule has 1 nitrogen and oxygen atoms in total. The highest BCUT2D eigenvalue weighted by atomic mass is 16.3. The molecular formula is C14H20O. The molecule has 0 amide bonds. The second-order valence-electron chi connectivity index (χ2n) is 5.47. The highest BCUT2D eigenvalue weighted by molar-refractivity contribution is 5.23. The first-order valence-electron chi connectivity index (χ1n) is 5.80. The Morgan fingerprint density at radius 3 is 2.33 bits per heavy atom. The van der Waals surface area contributed by atoms with E-state index in [4.69, 9.17) is 0 Å². The van der Waals surface area contributed by atoms with Gasteiger partial charge < -0.3 is 5.11 Å². The second kappa shape index (κ2) is 3.64. The molecule has 1 aromatic rings. The van der Waals surface area contributed by atoms with Gasteiger partial charge in [-0.25, -0.2) is 0 Å². The van der Waals surface area contributed by atoms with Gasteiger partial charge in [0.05, 0.1) is 5.60 Å². The van der Waals surface area contributed by atoms with Crippen molar-refractivity contribution in [2.24, 2.45) is 0 Å². The molecule has 2 rings (SSSR count). The second-order valence-corrected chi connectivity index (χ2v) is 5.47. The number of rotatable bonds is 4. The normalized spacial score (nSPS) is 18.9. The fourth-order valence-corrected chi connectivity index (χ4v) is 1.97. The van der Waals surface area contributed by atoms with Gasteiger partial charge in [-0.05, 0) is 36.7 Å². The lowest BCUT2D eigenvalue weighted by molar-refractivity contribution is 0.129. The third-order valence-corrected chi connectivity index (χ3v) is 3.60. The van der Waals surface area contributed by atoms with Gasteiger partial charge in [-0.2, -0.15) is 0 Å². The molecule has 0 atom stereocenters. The summed E-state index contributed by atoms with van der Waals surface area (Å²) >= 11 is 0. The molecule has 0 radical (unpaired) electrons. The van der Waals surface area contributed by atoms with Crippen LogP contribution in [0.1, 0.15) is 45.1 Å². The molecular weight excluding hydrogens is 184 g/mol. The van der Waals surface area contributed by atoms with Crippen molar-refractivity contribution in [2.75, 3.05) is 0 Å². The van der Waals surface area contributed by atoms with Gasteiger partial charge in [0.15, 0.2) is 0 Å². The fourth-order valence-electron chi connectivity index (χ4n) is 1.97. The van der Waals surface area contributed by atoms with Crippen LogP contribution in [-0.2, 0) is 5.41 Å². The van der Waals surface area contributed by atoms with Crippen molar-refractivity contribution in [3.63, 3.8) is 0 Å². The summed E-state index contributed by atoms with van der Waals surface area (Å²) in [6.45, 7) is 4.52. The van der Waals surface area contributed by atoms with E-state index in [-0.39, 0.29) is 11.0 Å². The smallest absolute Gasteiger partial charge is 0.0650 e. The topological polar surface area (TPSA) is 20.2 Å². The Hall–Kier alpha value is -0.820. The van der Waals surface area contributed by atoms with Crippen LogP contribution in [0.5, 0.6) is 0 Å². The van der Waals surface area contributed by atoms with Gasteiger partial charge in [-0.15, -0.1) is 0 Å². The molecule has 0 aliphatic heterocycles. The summed E-state index contributed by atoms with van der Waals surface area (Å²) in [5.74, 6) is 0. The number of hydrogen-bond donors (Lipinski definition) is 1. The Morgan fingerprint density at radius 1 is 1.20 bits per heavy atom. The Labute approximate surface area is 92.1 Å². The van der Waals surface area contributed by atoms with E-state index in [9.17, 15) is 5.11 Å². The molecule has 1 N–H and O–H groups in total.